The fraction of sp³-hybridized carbons (Fsp3) is 1.00. The number of hydrogen-bond acceptors (Lipinski definition) is 4. The summed E-state index contributed by atoms with van der Waals surface area (Å²) in [6, 6.07) is 0. The number of nitrogens with zero attached hydrogens (tertiary/aromatic N) is 1. The first-order valence-electron chi connectivity index (χ1n) is 7.06. The smallest absolute Gasteiger partial charge is 0.0791 e. The molecule has 0 saturated carbocycles. The molecule has 0 bridgehead atoms. The maximum atomic E-state index is 9.98. The molecule has 2 atom stereocenters. The highest BCUT2D eigenvalue weighted by Gasteiger charge is 2.18. The van der Waals surface area contributed by atoms with Crippen LogP contribution in [0.3, 0.4) is 0 Å². The van der Waals surface area contributed by atoms with E-state index in [1.807, 2.05) is 0 Å². The average molecular weight is 258 g/mol. The molecule has 2 unspecified atom stereocenters. The van der Waals surface area contributed by atoms with Crippen LogP contribution in [0.4, 0.5) is 0 Å². The van der Waals surface area contributed by atoms with Crippen molar-refractivity contribution in [3.8, 4) is 0 Å². The molecule has 1 rings (SSSR count). The van der Waals surface area contributed by atoms with Gasteiger partial charge in [-0.1, -0.05) is 0 Å². The molecule has 1 aliphatic rings. The zero-order valence-corrected chi connectivity index (χ0v) is 12.4. The second kappa shape index (κ2) is 7.43. The van der Waals surface area contributed by atoms with E-state index in [-0.39, 0.29) is 11.6 Å². The van der Waals surface area contributed by atoms with E-state index in [1.165, 1.54) is 12.8 Å². The van der Waals surface area contributed by atoms with Crippen LogP contribution in [0.15, 0.2) is 0 Å². The molecule has 0 aliphatic carbocycles. The van der Waals surface area contributed by atoms with Gasteiger partial charge in [-0.25, -0.2) is 0 Å². The van der Waals surface area contributed by atoms with Gasteiger partial charge in [0.15, 0.2) is 0 Å². The third kappa shape index (κ3) is 7.31. The normalized spacial score (nSPS) is 23.3. The highest BCUT2D eigenvalue weighted by atomic mass is 16.5. The molecule has 2 N–H and O–H groups in total. The van der Waals surface area contributed by atoms with Gasteiger partial charge in [0.2, 0.25) is 0 Å². The van der Waals surface area contributed by atoms with Crippen LogP contribution >= 0.6 is 0 Å². The molecule has 0 spiro atoms. The predicted molar refractivity (Wildman–Crippen MR) is 74.8 cm³/mol. The monoisotopic (exact) mass is 258 g/mol. The van der Waals surface area contributed by atoms with E-state index in [0.29, 0.717) is 12.5 Å². The summed E-state index contributed by atoms with van der Waals surface area (Å²) in [5.41, 5.74) is 0.0662. The molecule has 0 amide bonds. The molecular weight excluding hydrogens is 228 g/mol. The Bertz CT molecular complexity index is 222. The fourth-order valence-electron chi connectivity index (χ4n) is 2.32. The molecule has 0 aromatic heterocycles. The van der Waals surface area contributed by atoms with Gasteiger partial charge in [-0.05, 0) is 46.6 Å². The van der Waals surface area contributed by atoms with Gasteiger partial charge < -0.3 is 20.1 Å². The minimum absolute atomic E-state index is 0.0662. The number of rotatable bonds is 6. The lowest BCUT2D eigenvalue weighted by molar-refractivity contribution is 0.0339. The Hall–Kier alpha value is -0.160. The van der Waals surface area contributed by atoms with Gasteiger partial charge in [-0.2, -0.15) is 0 Å². The topological polar surface area (TPSA) is 44.7 Å². The third-order valence-electron chi connectivity index (χ3n) is 3.21. The van der Waals surface area contributed by atoms with Crippen molar-refractivity contribution in [2.24, 2.45) is 5.92 Å². The lowest BCUT2D eigenvalue weighted by atomic mass is 10.0. The lowest BCUT2D eigenvalue weighted by Crippen LogP contribution is -2.45. The van der Waals surface area contributed by atoms with Crippen LogP contribution in [0, 0.1) is 5.92 Å². The number of hydrogen-bond donors (Lipinski definition) is 2. The maximum Gasteiger partial charge on any atom is 0.0791 e. The Morgan fingerprint density at radius 2 is 2.17 bits per heavy atom. The van der Waals surface area contributed by atoms with Crippen LogP contribution in [0.25, 0.3) is 0 Å². The van der Waals surface area contributed by atoms with Crippen molar-refractivity contribution in [1.82, 2.24) is 10.2 Å². The first kappa shape index (κ1) is 15.9. The molecular formula is C14H30N2O2. The first-order valence-corrected chi connectivity index (χ1v) is 7.06. The van der Waals surface area contributed by atoms with Crippen molar-refractivity contribution in [3.63, 3.8) is 0 Å². The summed E-state index contributed by atoms with van der Waals surface area (Å²) < 4.78 is 5.48. The number of β-amino-alcohol motifs (C(OH)–C–C–N with tert-alkyl or cyclic N) is 1. The summed E-state index contributed by atoms with van der Waals surface area (Å²) in [4.78, 5) is 2.22. The molecule has 4 heteroatoms. The second-order valence-electron chi connectivity index (χ2n) is 6.59. The van der Waals surface area contributed by atoms with E-state index in [4.69, 9.17) is 4.74 Å². The van der Waals surface area contributed by atoms with E-state index >= 15 is 0 Å². The van der Waals surface area contributed by atoms with Gasteiger partial charge in [0, 0.05) is 31.8 Å². The largest absolute Gasteiger partial charge is 0.390 e. The number of aliphatic hydroxyl groups excluding tert-OH is 1. The molecule has 0 aromatic rings. The van der Waals surface area contributed by atoms with Crippen LogP contribution in [-0.2, 0) is 4.74 Å². The fourth-order valence-corrected chi connectivity index (χ4v) is 2.32. The van der Waals surface area contributed by atoms with E-state index < -0.39 is 0 Å². The highest BCUT2D eigenvalue weighted by Crippen LogP contribution is 2.14. The maximum absolute atomic E-state index is 9.98. The molecule has 108 valence electrons. The first-order chi connectivity index (χ1) is 8.37. The van der Waals surface area contributed by atoms with Gasteiger partial charge in [-0.3, -0.25) is 0 Å². The predicted octanol–water partition coefficient (Wildman–Crippen LogP) is 1.09. The summed E-state index contributed by atoms with van der Waals surface area (Å²) in [6.07, 6.45) is 2.12. The quantitative estimate of drug-likeness (QED) is 0.749. The van der Waals surface area contributed by atoms with Gasteiger partial charge >= 0.3 is 0 Å². The SMILES string of the molecule is CN(CC(O)CNC(C)(C)C)CC1CCCOC1. The standard InChI is InChI=1S/C14H30N2O2/c1-14(2,3)15-8-13(17)10-16(4)9-12-6-5-7-18-11-12/h12-13,15,17H,5-11H2,1-4H3. The molecule has 0 aromatic carbocycles. The van der Waals surface area contributed by atoms with Gasteiger partial charge in [0.25, 0.3) is 0 Å². The van der Waals surface area contributed by atoms with Crippen molar-refractivity contribution in [2.45, 2.75) is 45.3 Å². The van der Waals surface area contributed by atoms with Gasteiger partial charge in [-0.15, -0.1) is 0 Å². The second-order valence-corrected chi connectivity index (χ2v) is 6.59. The highest BCUT2D eigenvalue weighted by molar-refractivity contribution is 4.75. The summed E-state index contributed by atoms with van der Waals surface area (Å²) in [5, 5.41) is 13.3. The zero-order chi connectivity index (χ0) is 13.6. The number of ether oxygens (including phenoxy) is 1. The molecule has 1 heterocycles. The Kier molecular flexibility index (Phi) is 6.57. The summed E-state index contributed by atoms with van der Waals surface area (Å²) in [5.74, 6) is 0.631. The van der Waals surface area contributed by atoms with Crippen molar-refractivity contribution >= 4 is 0 Å². The van der Waals surface area contributed by atoms with E-state index in [1.54, 1.807) is 0 Å². The molecule has 18 heavy (non-hydrogen) atoms. The van der Waals surface area contributed by atoms with Crippen LogP contribution in [0.1, 0.15) is 33.6 Å². The van der Waals surface area contributed by atoms with Crippen LogP contribution < -0.4 is 5.32 Å². The van der Waals surface area contributed by atoms with Crippen LogP contribution in [0.5, 0.6) is 0 Å². The van der Waals surface area contributed by atoms with E-state index in [2.05, 4.69) is 38.0 Å². The van der Waals surface area contributed by atoms with Crippen molar-refractivity contribution < 1.29 is 9.84 Å². The number of nitrogens with one attached hydrogen (secondary N) is 1. The van der Waals surface area contributed by atoms with E-state index in [0.717, 1.165) is 26.3 Å². The Morgan fingerprint density at radius 3 is 2.72 bits per heavy atom. The van der Waals surface area contributed by atoms with Crippen LogP contribution in [0.2, 0.25) is 0 Å². The molecule has 0 radical (unpaired) electrons. The van der Waals surface area contributed by atoms with Gasteiger partial charge in [0.1, 0.15) is 0 Å². The average Bonchev–Trinajstić information content (AvgIpc) is 2.26. The Morgan fingerprint density at radius 1 is 1.44 bits per heavy atom. The van der Waals surface area contributed by atoms with E-state index in [9.17, 15) is 5.11 Å². The van der Waals surface area contributed by atoms with Crippen LogP contribution in [-0.4, -0.2) is 61.5 Å². The Balaban J connectivity index is 2.16. The Labute approximate surface area is 112 Å². The third-order valence-corrected chi connectivity index (χ3v) is 3.21. The molecule has 1 saturated heterocycles. The van der Waals surface area contributed by atoms with Crippen molar-refractivity contribution in [3.05, 3.63) is 0 Å². The number of aliphatic hydroxyl groups is 1. The summed E-state index contributed by atoms with van der Waals surface area (Å²) in [7, 11) is 2.08. The molecule has 4 nitrogen and oxygen atoms in total. The summed E-state index contributed by atoms with van der Waals surface area (Å²) in [6.45, 7) is 10.5. The van der Waals surface area contributed by atoms with Crippen molar-refractivity contribution in [2.75, 3.05) is 39.9 Å². The molecule has 1 aliphatic heterocycles. The number of likely N-dealkylation sites (N-methyl/N-ethyl adjacent to an activating group) is 1. The summed E-state index contributed by atoms with van der Waals surface area (Å²) >= 11 is 0. The molecule has 1 fully saturated rings. The minimum Gasteiger partial charge on any atom is -0.390 e. The van der Waals surface area contributed by atoms with Crippen molar-refractivity contribution in [1.29, 1.82) is 0 Å². The zero-order valence-electron chi connectivity index (χ0n) is 12.4. The minimum atomic E-state index is -0.307. The lowest BCUT2D eigenvalue weighted by Gasteiger charge is -2.29. The van der Waals surface area contributed by atoms with Gasteiger partial charge in [0.05, 0.1) is 12.7 Å².